The first-order valence-corrected chi connectivity index (χ1v) is 9.82. The molecule has 162 valence electrons. The van der Waals surface area contributed by atoms with E-state index in [4.69, 9.17) is 10.00 Å². The van der Waals surface area contributed by atoms with Gasteiger partial charge in [0.1, 0.15) is 18.7 Å². The number of benzene rings is 2. The lowest BCUT2D eigenvalue weighted by Gasteiger charge is -2.24. The number of hydrogen-bond donors (Lipinski definition) is 3. The molecule has 2 aromatic rings. The zero-order valence-corrected chi connectivity index (χ0v) is 17.2. The van der Waals surface area contributed by atoms with Gasteiger partial charge in [0.25, 0.3) is 0 Å². The van der Waals surface area contributed by atoms with E-state index in [-0.39, 0.29) is 19.4 Å². The molecule has 0 saturated carbocycles. The number of nitrogens with zero attached hydrogens (tertiary/aromatic N) is 1. The fourth-order valence-electron chi connectivity index (χ4n) is 2.93. The van der Waals surface area contributed by atoms with Crippen LogP contribution in [0.2, 0.25) is 0 Å². The minimum Gasteiger partial charge on any atom is -0.480 e. The number of carbonyl (C=O) groups excluding carboxylic acids is 2. The van der Waals surface area contributed by atoms with Gasteiger partial charge in [-0.15, -0.1) is 0 Å². The van der Waals surface area contributed by atoms with Crippen LogP contribution in [0.25, 0.3) is 0 Å². The number of alkyl carbamates (subject to hydrolysis) is 1. The zero-order chi connectivity index (χ0) is 22.6. The van der Waals surface area contributed by atoms with E-state index in [1.807, 2.05) is 30.3 Å². The Morgan fingerprint density at radius 2 is 1.58 bits per heavy atom. The Labute approximate surface area is 180 Å². The van der Waals surface area contributed by atoms with Crippen molar-refractivity contribution in [3.63, 3.8) is 0 Å². The van der Waals surface area contributed by atoms with E-state index in [9.17, 15) is 19.5 Å². The molecule has 0 bridgehead atoms. The molecule has 0 aromatic heterocycles. The average molecular weight is 423 g/mol. The van der Waals surface area contributed by atoms with Crippen molar-refractivity contribution in [1.29, 1.82) is 5.26 Å². The Hall–Kier alpha value is -3.86. The highest BCUT2D eigenvalue weighted by atomic mass is 16.5. The summed E-state index contributed by atoms with van der Waals surface area (Å²) in [6, 6.07) is 17.7. The predicted octanol–water partition coefficient (Wildman–Crippen LogP) is 2.64. The molecule has 3 atom stereocenters. The number of ether oxygens (including phenoxy) is 1. The van der Waals surface area contributed by atoms with Crippen LogP contribution >= 0.6 is 0 Å². The molecule has 2 amide bonds. The first-order valence-electron chi connectivity index (χ1n) is 9.82. The molecule has 0 aliphatic carbocycles. The highest BCUT2D eigenvalue weighted by molar-refractivity contribution is 5.89. The van der Waals surface area contributed by atoms with Crippen LogP contribution in [0.5, 0.6) is 0 Å². The number of carbonyl (C=O) groups is 3. The Kier molecular flexibility index (Phi) is 9.05. The third-order valence-corrected chi connectivity index (χ3v) is 4.65. The molecule has 2 aromatic carbocycles. The summed E-state index contributed by atoms with van der Waals surface area (Å²) in [5.74, 6) is -2.52. The summed E-state index contributed by atoms with van der Waals surface area (Å²) in [6.07, 6.45) is -0.684. The first-order chi connectivity index (χ1) is 14.9. The van der Waals surface area contributed by atoms with Gasteiger partial charge in [-0.3, -0.25) is 4.79 Å². The topological polar surface area (TPSA) is 129 Å². The molecule has 3 N–H and O–H groups in total. The second-order valence-corrected chi connectivity index (χ2v) is 7.11. The van der Waals surface area contributed by atoms with Crippen LogP contribution in [-0.4, -0.2) is 35.2 Å². The van der Waals surface area contributed by atoms with Crippen LogP contribution in [0.3, 0.4) is 0 Å². The van der Waals surface area contributed by atoms with Crippen LogP contribution in [0, 0.1) is 17.2 Å². The minimum absolute atomic E-state index is 0.0311. The third-order valence-electron chi connectivity index (χ3n) is 4.65. The molecule has 8 nitrogen and oxygen atoms in total. The molecular formula is C23H25N3O5. The lowest BCUT2D eigenvalue weighted by molar-refractivity contribution is -0.143. The summed E-state index contributed by atoms with van der Waals surface area (Å²) in [5.41, 5.74) is 1.57. The summed E-state index contributed by atoms with van der Waals surface area (Å²) in [7, 11) is 0. The van der Waals surface area contributed by atoms with Gasteiger partial charge in [0.05, 0.1) is 6.07 Å². The van der Waals surface area contributed by atoms with E-state index in [2.05, 4.69) is 10.6 Å². The molecule has 0 fully saturated rings. The normalized spacial score (nSPS) is 13.2. The quantitative estimate of drug-likeness (QED) is 0.539. The number of carboxylic acids is 1. The van der Waals surface area contributed by atoms with Crippen LogP contribution in [0.15, 0.2) is 60.7 Å². The van der Waals surface area contributed by atoms with Gasteiger partial charge in [0, 0.05) is 18.8 Å². The maximum Gasteiger partial charge on any atom is 0.408 e. The number of amides is 2. The van der Waals surface area contributed by atoms with Crippen LogP contribution < -0.4 is 10.6 Å². The molecule has 0 radical (unpaired) electrons. The number of nitriles is 1. The van der Waals surface area contributed by atoms with Crippen LogP contribution in [-0.2, 0) is 27.4 Å². The number of carboxylic acid groups (broad SMARTS) is 1. The molecule has 2 rings (SSSR count). The summed E-state index contributed by atoms with van der Waals surface area (Å²) >= 11 is 0. The van der Waals surface area contributed by atoms with Gasteiger partial charge in [0.2, 0.25) is 5.91 Å². The van der Waals surface area contributed by atoms with E-state index in [1.54, 1.807) is 43.3 Å². The van der Waals surface area contributed by atoms with E-state index in [1.165, 1.54) is 0 Å². The largest absolute Gasteiger partial charge is 0.480 e. The number of hydrogen-bond acceptors (Lipinski definition) is 5. The van der Waals surface area contributed by atoms with Crippen molar-refractivity contribution in [2.45, 2.75) is 38.5 Å². The van der Waals surface area contributed by atoms with Crippen LogP contribution in [0.4, 0.5) is 4.79 Å². The van der Waals surface area contributed by atoms with E-state index < -0.39 is 36.0 Å². The zero-order valence-electron chi connectivity index (χ0n) is 17.2. The number of aliphatic carboxylic acids is 1. The van der Waals surface area contributed by atoms with Crippen molar-refractivity contribution in [2.75, 3.05) is 0 Å². The highest BCUT2D eigenvalue weighted by Crippen LogP contribution is 2.10. The molecule has 0 aliphatic heterocycles. The standard InChI is InChI=1S/C23H25N3O5/c1-16(12-13-24)20(22(28)29)26-21(27)19(14-17-8-4-2-5-9-17)25-23(30)31-15-18-10-6-3-7-11-18/h2-11,16,19-20H,12,14-15H2,1H3,(H,25,30)(H,26,27)(H,28,29)/t16-,19-,20-/m1/s1. The smallest absolute Gasteiger partial charge is 0.408 e. The molecule has 8 heteroatoms. The van der Waals surface area contributed by atoms with Gasteiger partial charge >= 0.3 is 12.1 Å². The van der Waals surface area contributed by atoms with Gasteiger partial charge in [-0.25, -0.2) is 9.59 Å². The fourth-order valence-corrected chi connectivity index (χ4v) is 2.93. The van der Waals surface area contributed by atoms with Gasteiger partial charge in [-0.1, -0.05) is 67.6 Å². The first kappa shape index (κ1) is 23.4. The van der Waals surface area contributed by atoms with Crippen molar-refractivity contribution in [2.24, 2.45) is 5.92 Å². The lowest BCUT2D eigenvalue weighted by Crippen LogP contribution is -2.54. The molecule has 0 spiro atoms. The Morgan fingerprint density at radius 1 is 1.00 bits per heavy atom. The summed E-state index contributed by atoms with van der Waals surface area (Å²) < 4.78 is 5.20. The van der Waals surface area contributed by atoms with E-state index >= 15 is 0 Å². The average Bonchev–Trinajstić information content (AvgIpc) is 2.76. The van der Waals surface area contributed by atoms with Crippen molar-refractivity contribution in [3.8, 4) is 6.07 Å². The molecule has 0 aliphatic rings. The van der Waals surface area contributed by atoms with Crippen molar-refractivity contribution < 1.29 is 24.2 Å². The number of nitrogens with one attached hydrogen (secondary N) is 2. The lowest BCUT2D eigenvalue weighted by atomic mass is 9.98. The second-order valence-electron chi connectivity index (χ2n) is 7.11. The highest BCUT2D eigenvalue weighted by Gasteiger charge is 2.30. The Bertz CT molecular complexity index is 912. The Balaban J connectivity index is 2.09. The molecular weight excluding hydrogens is 398 g/mol. The SMILES string of the molecule is C[C@H](CC#N)[C@@H](NC(=O)[C@@H](Cc1ccccc1)NC(=O)OCc1ccccc1)C(=O)O. The van der Waals surface area contributed by atoms with E-state index in [0.717, 1.165) is 11.1 Å². The summed E-state index contributed by atoms with van der Waals surface area (Å²) in [4.78, 5) is 36.7. The van der Waals surface area contributed by atoms with Crippen molar-refractivity contribution >= 4 is 18.0 Å². The number of rotatable bonds is 10. The van der Waals surface area contributed by atoms with Gasteiger partial charge in [0.15, 0.2) is 0 Å². The van der Waals surface area contributed by atoms with Crippen LogP contribution in [0.1, 0.15) is 24.5 Å². The third kappa shape index (κ3) is 7.82. The maximum atomic E-state index is 12.9. The van der Waals surface area contributed by atoms with Crippen molar-refractivity contribution in [3.05, 3.63) is 71.8 Å². The Morgan fingerprint density at radius 3 is 2.13 bits per heavy atom. The maximum absolute atomic E-state index is 12.9. The van der Waals surface area contributed by atoms with Gasteiger partial charge < -0.3 is 20.5 Å². The molecule has 31 heavy (non-hydrogen) atoms. The summed E-state index contributed by atoms with van der Waals surface area (Å²) in [5, 5.41) is 23.3. The molecule has 0 saturated heterocycles. The summed E-state index contributed by atoms with van der Waals surface area (Å²) in [6.45, 7) is 1.60. The van der Waals surface area contributed by atoms with Gasteiger partial charge in [-0.05, 0) is 11.1 Å². The fraction of sp³-hybridized carbons (Fsp3) is 0.304. The molecule has 0 heterocycles. The predicted molar refractivity (Wildman–Crippen MR) is 113 cm³/mol. The minimum atomic E-state index is -1.26. The monoisotopic (exact) mass is 423 g/mol. The van der Waals surface area contributed by atoms with Crippen molar-refractivity contribution in [1.82, 2.24) is 10.6 Å². The van der Waals surface area contributed by atoms with Gasteiger partial charge in [-0.2, -0.15) is 5.26 Å². The molecule has 0 unspecified atom stereocenters. The van der Waals surface area contributed by atoms with E-state index in [0.29, 0.717) is 0 Å². The second kappa shape index (κ2) is 12.0.